The summed E-state index contributed by atoms with van der Waals surface area (Å²) < 4.78 is 1.98. The SMILES string of the molecule is Cn1ccnc1CN1CCCN(C(=O)C(O)NC(=O)c2ccccc2)CC1. The molecule has 2 heterocycles. The monoisotopic (exact) mass is 371 g/mol. The second-order valence-electron chi connectivity index (χ2n) is 6.65. The first kappa shape index (κ1) is 19.1. The van der Waals surface area contributed by atoms with E-state index in [1.54, 1.807) is 41.4 Å². The Morgan fingerprint density at radius 1 is 1.19 bits per heavy atom. The fourth-order valence-electron chi connectivity index (χ4n) is 3.13. The topological polar surface area (TPSA) is 90.7 Å². The Morgan fingerprint density at radius 3 is 2.67 bits per heavy atom. The Bertz CT molecular complexity index is 777. The van der Waals surface area contributed by atoms with Gasteiger partial charge in [0.15, 0.2) is 0 Å². The van der Waals surface area contributed by atoms with Crippen molar-refractivity contribution in [1.29, 1.82) is 0 Å². The van der Waals surface area contributed by atoms with Gasteiger partial charge in [0.05, 0.1) is 6.54 Å². The van der Waals surface area contributed by atoms with Crippen LogP contribution in [0.1, 0.15) is 22.6 Å². The molecule has 0 bridgehead atoms. The van der Waals surface area contributed by atoms with Gasteiger partial charge in [0, 0.05) is 51.2 Å². The first-order chi connectivity index (χ1) is 13.0. The average Bonchev–Trinajstić information content (AvgIpc) is 2.93. The average molecular weight is 371 g/mol. The molecule has 8 heteroatoms. The number of nitrogens with one attached hydrogen (secondary N) is 1. The number of imidazole rings is 1. The number of nitrogens with zero attached hydrogens (tertiary/aromatic N) is 4. The maximum atomic E-state index is 12.5. The highest BCUT2D eigenvalue weighted by Gasteiger charge is 2.26. The predicted octanol–water partition coefficient (Wildman–Crippen LogP) is 0.203. The zero-order valence-electron chi connectivity index (χ0n) is 15.4. The normalized spacial score (nSPS) is 16.6. The van der Waals surface area contributed by atoms with Gasteiger partial charge >= 0.3 is 0 Å². The van der Waals surface area contributed by atoms with Crippen LogP contribution in [0.2, 0.25) is 0 Å². The summed E-state index contributed by atoms with van der Waals surface area (Å²) in [4.78, 5) is 32.8. The van der Waals surface area contributed by atoms with E-state index in [1.165, 1.54) is 0 Å². The molecule has 1 unspecified atom stereocenters. The van der Waals surface area contributed by atoms with Crippen LogP contribution in [0.15, 0.2) is 42.7 Å². The molecule has 1 aliphatic rings. The van der Waals surface area contributed by atoms with Crippen molar-refractivity contribution in [3.63, 3.8) is 0 Å². The fourth-order valence-corrected chi connectivity index (χ4v) is 3.13. The summed E-state index contributed by atoms with van der Waals surface area (Å²) in [6.07, 6.45) is 2.94. The molecule has 1 aromatic carbocycles. The van der Waals surface area contributed by atoms with Gasteiger partial charge in [-0.25, -0.2) is 4.98 Å². The first-order valence-electron chi connectivity index (χ1n) is 9.06. The third kappa shape index (κ3) is 4.93. The summed E-state index contributed by atoms with van der Waals surface area (Å²) >= 11 is 0. The van der Waals surface area contributed by atoms with Crippen LogP contribution in [0, 0.1) is 0 Å². The van der Waals surface area contributed by atoms with Gasteiger partial charge in [0.1, 0.15) is 5.82 Å². The Labute approximate surface area is 158 Å². The summed E-state index contributed by atoms with van der Waals surface area (Å²) in [6, 6.07) is 8.52. The minimum Gasteiger partial charge on any atom is -0.365 e. The smallest absolute Gasteiger partial charge is 0.272 e. The quantitative estimate of drug-likeness (QED) is 0.733. The molecule has 1 saturated heterocycles. The first-order valence-corrected chi connectivity index (χ1v) is 9.06. The highest BCUT2D eigenvalue weighted by Crippen LogP contribution is 2.09. The van der Waals surface area contributed by atoms with Crippen molar-refractivity contribution in [3.8, 4) is 0 Å². The van der Waals surface area contributed by atoms with E-state index in [4.69, 9.17) is 0 Å². The molecule has 2 aromatic rings. The van der Waals surface area contributed by atoms with Gasteiger partial charge in [0.2, 0.25) is 6.23 Å². The number of hydrogen-bond donors (Lipinski definition) is 2. The van der Waals surface area contributed by atoms with E-state index in [1.807, 2.05) is 17.8 Å². The van der Waals surface area contributed by atoms with Gasteiger partial charge in [-0.2, -0.15) is 0 Å². The second kappa shape index (κ2) is 8.79. The second-order valence-corrected chi connectivity index (χ2v) is 6.65. The van der Waals surface area contributed by atoms with Crippen molar-refractivity contribution in [2.45, 2.75) is 19.2 Å². The highest BCUT2D eigenvalue weighted by atomic mass is 16.3. The molecule has 3 rings (SSSR count). The van der Waals surface area contributed by atoms with Crippen molar-refractivity contribution < 1.29 is 14.7 Å². The van der Waals surface area contributed by atoms with Crippen LogP contribution >= 0.6 is 0 Å². The molecular formula is C19H25N5O3. The largest absolute Gasteiger partial charge is 0.365 e. The van der Waals surface area contributed by atoms with Crippen molar-refractivity contribution in [2.24, 2.45) is 7.05 Å². The Hall–Kier alpha value is -2.71. The number of carbonyl (C=O) groups is 2. The minimum atomic E-state index is -1.54. The maximum Gasteiger partial charge on any atom is 0.272 e. The summed E-state index contributed by atoms with van der Waals surface area (Å²) in [5.74, 6) is 0.0331. The molecule has 1 fully saturated rings. The van der Waals surface area contributed by atoms with Crippen molar-refractivity contribution in [2.75, 3.05) is 26.2 Å². The van der Waals surface area contributed by atoms with Crippen LogP contribution in [0.3, 0.4) is 0 Å². The third-order valence-electron chi connectivity index (χ3n) is 4.72. The lowest BCUT2D eigenvalue weighted by Gasteiger charge is -2.24. The van der Waals surface area contributed by atoms with E-state index in [9.17, 15) is 14.7 Å². The molecule has 0 spiro atoms. The number of aliphatic hydroxyl groups is 1. The van der Waals surface area contributed by atoms with Crippen molar-refractivity contribution in [1.82, 2.24) is 24.7 Å². The lowest BCUT2D eigenvalue weighted by molar-refractivity contribution is -0.141. The molecule has 2 N–H and O–H groups in total. The molecular weight excluding hydrogens is 346 g/mol. The number of aliphatic hydroxyl groups excluding tert-OH is 1. The number of aromatic nitrogens is 2. The number of aryl methyl sites for hydroxylation is 1. The minimum absolute atomic E-state index is 0.404. The van der Waals surface area contributed by atoms with Crippen LogP contribution in [0.25, 0.3) is 0 Å². The van der Waals surface area contributed by atoms with E-state index in [0.717, 1.165) is 25.3 Å². The van der Waals surface area contributed by atoms with Crippen LogP contribution in [0.5, 0.6) is 0 Å². The van der Waals surface area contributed by atoms with Gasteiger partial charge in [-0.1, -0.05) is 18.2 Å². The van der Waals surface area contributed by atoms with Crippen molar-refractivity contribution in [3.05, 3.63) is 54.1 Å². The van der Waals surface area contributed by atoms with Crippen LogP contribution in [0.4, 0.5) is 0 Å². The molecule has 144 valence electrons. The summed E-state index contributed by atoms with van der Waals surface area (Å²) in [6.45, 7) is 3.32. The Morgan fingerprint density at radius 2 is 1.96 bits per heavy atom. The lowest BCUT2D eigenvalue weighted by atomic mass is 10.2. The van der Waals surface area contributed by atoms with E-state index in [0.29, 0.717) is 25.2 Å². The van der Waals surface area contributed by atoms with Gasteiger partial charge in [-0.3, -0.25) is 14.5 Å². The number of hydrogen-bond acceptors (Lipinski definition) is 5. The number of benzene rings is 1. The fraction of sp³-hybridized carbons (Fsp3) is 0.421. The zero-order valence-corrected chi connectivity index (χ0v) is 15.4. The van der Waals surface area contributed by atoms with Gasteiger partial charge < -0.3 is 19.9 Å². The number of amides is 2. The van der Waals surface area contributed by atoms with E-state index < -0.39 is 18.0 Å². The van der Waals surface area contributed by atoms with Gasteiger partial charge in [0.25, 0.3) is 11.8 Å². The molecule has 0 aliphatic carbocycles. The van der Waals surface area contributed by atoms with Gasteiger partial charge in [-0.15, -0.1) is 0 Å². The standard InChI is InChI=1S/C19H25N5O3/c1-22-11-8-20-16(22)14-23-9-5-10-24(13-12-23)19(27)18(26)21-17(25)15-6-3-2-4-7-15/h2-4,6-8,11,18,26H,5,9-10,12-14H2,1H3,(H,21,25). The van der Waals surface area contributed by atoms with Gasteiger partial charge in [-0.05, 0) is 18.6 Å². The summed E-state index contributed by atoms with van der Waals surface area (Å²) in [5.41, 5.74) is 0.404. The maximum absolute atomic E-state index is 12.5. The van der Waals surface area contributed by atoms with Crippen LogP contribution in [-0.4, -0.2) is 68.7 Å². The summed E-state index contributed by atoms with van der Waals surface area (Å²) in [7, 11) is 1.96. The molecule has 0 saturated carbocycles. The Kier molecular flexibility index (Phi) is 6.20. The highest BCUT2D eigenvalue weighted by molar-refractivity contribution is 5.97. The molecule has 1 atom stereocenters. The predicted molar refractivity (Wildman–Crippen MR) is 99.6 cm³/mol. The molecule has 27 heavy (non-hydrogen) atoms. The molecule has 8 nitrogen and oxygen atoms in total. The van der Waals surface area contributed by atoms with E-state index in [-0.39, 0.29) is 0 Å². The molecule has 1 aromatic heterocycles. The lowest BCUT2D eigenvalue weighted by Crippen LogP contribution is -2.49. The van der Waals surface area contributed by atoms with Crippen LogP contribution < -0.4 is 5.32 Å². The van der Waals surface area contributed by atoms with Crippen LogP contribution in [-0.2, 0) is 18.4 Å². The van der Waals surface area contributed by atoms with E-state index in [2.05, 4.69) is 15.2 Å². The number of rotatable bonds is 5. The van der Waals surface area contributed by atoms with Crippen molar-refractivity contribution >= 4 is 11.8 Å². The summed E-state index contributed by atoms with van der Waals surface area (Å²) in [5, 5.41) is 12.5. The molecule has 1 aliphatic heterocycles. The molecule has 2 amide bonds. The third-order valence-corrected chi connectivity index (χ3v) is 4.72. The Balaban J connectivity index is 1.52. The zero-order chi connectivity index (χ0) is 19.2. The number of carbonyl (C=O) groups excluding carboxylic acids is 2. The van der Waals surface area contributed by atoms with E-state index >= 15 is 0 Å². The molecule has 0 radical (unpaired) electrons.